The number of aromatic hydroxyl groups is 3. The molecule has 1 aliphatic carbocycles. The minimum atomic E-state index is -0.392. The van der Waals surface area contributed by atoms with Gasteiger partial charge in [0, 0.05) is 12.1 Å². The zero-order chi connectivity index (χ0) is 13.1. The van der Waals surface area contributed by atoms with Crippen LogP contribution in [0.15, 0.2) is 54.2 Å². The molecule has 0 radical (unpaired) electrons. The number of rotatable bonds is 2. The molecule has 0 aliphatic heterocycles. The second-order valence-electron chi connectivity index (χ2n) is 3.80. The Bertz CT molecular complexity index is 555. The second kappa shape index (κ2) is 4.71. The summed E-state index contributed by atoms with van der Waals surface area (Å²) in [5, 5.41) is 38.1. The first kappa shape index (κ1) is 11.9. The van der Waals surface area contributed by atoms with E-state index >= 15 is 0 Å². The zero-order valence-corrected chi connectivity index (χ0v) is 9.41. The Balaban J connectivity index is 2.37. The Labute approximate surface area is 104 Å². The van der Waals surface area contributed by atoms with Crippen molar-refractivity contribution in [2.75, 3.05) is 0 Å². The van der Waals surface area contributed by atoms with Crippen molar-refractivity contribution in [2.45, 2.75) is 0 Å². The molecule has 4 nitrogen and oxygen atoms in total. The Morgan fingerprint density at radius 3 is 2.06 bits per heavy atom. The van der Waals surface area contributed by atoms with Gasteiger partial charge in [-0.05, 0) is 11.6 Å². The van der Waals surface area contributed by atoms with Crippen molar-refractivity contribution in [1.82, 2.24) is 0 Å². The number of aliphatic hydroxyl groups excluding tert-OH is 1. The average Bonchev–Trinajstić information content (AvgIpc) is 2.77. The lowest BCUT2D eigenvalue weighted by Crippen LogP contribution is -1.85. The third kappa shape index (κ3) is 2.38. The van der Waals surface area contributed by atoms with Crippen molar-refractivity contribution in [3.63, 3.8) is 0 Å². The van der Waals surface area contributed by atoms with E-state index in [2.05, 4.69) is 0 Å². The molecule has 0 atom stereocenters. The fourth-order valence-corrected chi connectivity index (χ4v) is 1.62. The second-order valence-corrected chi connectivity index (χ2v) is 3.80. The molecule has 0 fully saturated rings. The van der Waals surface area contributed by atoms with Crippen molar-refractivity contribution in [1.29, 1.82) is 0 Å². The van der Waals surface area contributed by atoms with Crippen LogP contribution >= 0.6 is 0 Å². The molecule has 1 aromatic rings. The molecule has 4 heteroatoms. The Kier molecular flexibility index (Phi) is 3.10. The molecule has 0 amide bonds. The molecule has 4 N–H and O–H groups in total. The van der Waals surface area contributed by atoms with Crippen LogP contribution in [0.25, 0.3) is 5.76 Å². The molecule has 2 rings (SSSR count). The Morgan fingerprint density at radius 2 is 1.50 bits per heavy atom. The smallest absolute Gasteiger partial charge is 0.133 e. The van der Waals surface area contributed by atoms with Gasteiger partial charge in [-0.25, -0.2) is 0 Å². The third-order valence-electron chi connectivity index (χ3n) is 2.46. The fraction of sp³-hybridized carbons (Fsp3) is 0. The summed E-state index contributed by atoms with van der Waals surface area (Å²) in [5.74, 6) is -1.35. The van der Waals surface area contributed by atoms with Gasteiger partial charge in [0.05, 0.1) is 0 Å². The van der Waals surface area contributed by atoms with Crippen LogP contribution in [0.1, 0.15) is 5.56 Å². The van der Waals surface area contributed by atoms with Gasteiger partial charge < -0.3 is 20.4 Å². The van der Waals surface area contributed by atoms with Gasteiger partial charge >= 0.3 is 0 Å². The largest absolute Gasteiger partial charge is 0.508 e. The van der Waals surface area contributed by atoms with E-state index in [1.54, 1.807) is 6.08 Å². The fourth-order valence-electron chi connectivity index (χ4n) is 1.62. The predicted molar refractivity (Wildman–Crippen MR) is 68.4 cm³/mol. The van der Waals surface area contributed by atoms with E-state index in [0.29, 0.717) is 0 Å². The molecule has 1 aliphatic rings. The zero-order valence-electron chi connectivity index (χ0n) is 9.41. The van der Waals surface area contributed by atoms with Crippen LogP contribution in [-0.4, -0.2) is 20.4 Å². The molecule has 0 saturated carbocycles. The van der Waals surface area contributed by atoms with Crippen LogP contribution in [-0.2, 0) is 0 Å². The molecule has 1 aromatic carbocycles. The highest BCUT2D eigenvalue weighted by molar-refractivity contribution is 5.72. The van der Waals surface area contributed by atoms with Gasteiger partial charge in [-0.1, -0.05) is 30.4 Å². The van der Waals surface area contributed by atoms with Crippen LogP contribution in [0, 0.1) is 0 Å². The maximum atomic E-state index is 9.80. The van der Waals surface area contributed by atoms with Crippen molar-refractivity contribution >= 4 is 5.76 Å². The summed E-state index contributed by atoms with van der Waals surface area (Å²) in [6, 6.07) is 2.09. The summed E-state index contributed by atoms with van der Waals surface area (Å²) < 4.78 is 0. The molecular formula is C14H12O4. The summed E-state index contributed by atoms with van der Waals surface area (Å²) in [5.41, 5.74) is 0.773. The molecule has 92 valence electrons. The average molecular weight is 244 g/mol. The van der Waals surface area contributed by atoms with Gasteiger partial charge in [0.25, 0.3) is 0 Å². The van der Waals surface area contributed by atoms with Crippen LogP contribution in [0.4, 0.5) is 0 Å². The Hall–Kier alpha value is -2.62. The van der Waals surface area contributed by atoms with Crippen molar-refractivity contribution in [3.05, 3.63) is 59.7 Å². The summed E-state index contributed by atoms with van der Waals surface area (Å²) in [6.07, 6.45) is 10.4. The van der Waals surface area contributed by atoms with E-state index in [9.17, 15) is 15.3 Å². The molecular weight excluding hydrogens is 232 g/mol. The summed E-state index contributed by atoms with van der Waals surface area (Å²) >= 11 is 0. The van der Waals surface area contributed by atoms with E-state index in [4.69, 9.17) is 5.11 Å². The molecule has 0 spiro atoms. The van der Waals surface area contributed by atoms with Gasteiger partial charge in [0.15, 0.2) is 0 Å². The number of phenols is 3. The quantitative estimate of drug-likeness (QED) is 0.603. The number of hydrogen-bond acceptors (Lipinski definition) is 4. The lowest BCUT2D eigenvalue weighted by Gasteiger charge is -2.06. The number of hydrogen-bond donors (Lipinski definition) is 4. The lowest BCUT2D eigenvalue weighted by atomic mass is 10.1. The maximum absolute atomic E-state index is 9.80. The first-order valence-corrected chi connectivity index (χ1v) is 5.29. The highest BCUT2D eigenvalue weighted by atomic mass is 16.3. The van der Waals surface area contributed by atoms with Gasteiger partial charge in [-0.15, -0.1) is 0 Å². The van der Waals surface area contributed by atoms with E-state index in [1.165, 1.54) is 6.08 Å². The highest BCUT2D eigenvalue weighted by Crippen LogP contribution is 2.36. The van der Waals surface area contributed by atoms with Crippen LogP contribution in [0.5, 0.6) is 17.2 Å². The molecule has 0 saturated heterocycles. The van der Waals surface area contributed by atoms with E-state index < -0.39 is 11.5 Å². The van der Waals surface area contributed by atoms with Crippen LogP contribution < -0.4 is 0 Å². The van der Waals surface area contributed by atoms with Gasteiger partial charge in [-0.3, -0.25) is 0 Å². The molecule has 0 bridgehead atoms. The molecule has 0 aromatic heterocycles. The minimum Gasteiger partial charge on any atom is -0.508 e. The highest BCUT2D eigenvalue weighted by Gasteiger charge is 2.13. The predicted octanol–water partition coefficient (Wildman–Crippen LogP) is 2.75. The Morgan fingerprint density at radius 1 is 0.944 bits per heavy atom. The van der Waals surface area contributed by atoms with Gasteiger partial charge in [0.1, 0.15) is 28.6 Å². The van der Waals surface area contributed by atoms with Crippen molar-refractivity contribution in [2.24, 2.45) is 0 Å². The molecule has 0 heterocycles. The summed E-state index contributed by atoms with van der Waals surface area (Å²) in [6.45, 7) is 0. The number of benzene rings is 1. The van der Waals surface area contributed by atoms with Crippen molar-refractivity contribution in [3.8, 4) is 17.2 Å². The lowest BCUT2D eigenvalue weighted by molar-refractivity contribution is 0.416. The maximum Gasteiger partial charge on any atom is 0.133 e. The van der Waals surface area contributed by atoms with E-state index in [0.717, 1.165) is 17.7 Å². The molecule has 0 unspecified atom stereocenters. The first-order chi connectivity index (χ1) is 8.58. The number of phenolic OH excluding ortho intramolecular Hbond substituents is 3. The topological polar surface area (TPSA) is 80.9 Å². The molecule has 18 heavy (non-hydrogen) atoms. The van der Waals surface area contributed by atoms with Crippen LogP contribution in [0.2, 0.25) is 0 Å². The normalized spacial score (nSPS) is 14.2. The third-order valence-corrected chi connectivity index (χ3v) is 2.46. The van der Waals surface area contributed by atoms with Gasteiger partial charge in [0.2, 0.25) is 0 Å². The monoisotopic (exact) mass is 244 g/mol. The SMILES string of the molecule is OC(=CC=C1C=CC=C1)c1c(O)cc(O)cc1O. The number of allylic oxidation sites excluding steroid dienone is 7. The summed E-state index contributed by atoms with van der Waals surface area (Å²) in [7, 11) is 0. The van der Waals surface area contributed by atoms with Gasteiger partial charge in [-0.2, -0.15) is 0 Å². The van der Waals surface area contributed by atoms with E-state index in [1.807, 2.05) is 24.3 Å². The minimum absolute atomic E-state index is 0.115. The number of aliphatic hydroxyl groups is 1. The van der Waals surface area contributed by atoms with E-state index in [-0.39, 0.29) is 17.1 Å². The first-order valence-electron chi connectivity index (χ1n) is 5.29. The standard InChI is InChI=1S/C14H12O4/c15-10-7-12(17)14(13(18)8-10)11(16)6-5-9-3-1-2-4-9/h1-8,15-18H. The van der Waals surface area contributed by atoms with Crippen molar-refractivity contribution < 1.29 is 20.4 Å². The van der Waals surface area contributed by atoms with Crippen LogP contribution in [0.3, 0.4) is 0 Å². The summed E-state index contributed by atoms with van der Waals surface area (Å²) in [4.78, 5) is 0.